The normalized spacial score (nSPS) is 24.7. The van der Waals surface area contributed by atoms with Crippen LogP contribution in [-0.2, 0) is 0 Å². The van der Waals surface area contributed by atoms with Gasteiger partial charge in [0.1, 0.15) is 5.54 Å². The van der Waals surface area contributed by atoms with Crippen molar-refractivity contribution >= 4 is 0 Å². The molecule has 0 aromatic carbocycles. The van der Waals surface area contributed by atoms with Gasteiger partial charge < -0.3 is 5.73 Å². The second kappa shape index (κ2) is 8.15. The second-order valence-corrected chi connectivity index (χ2v) is 7.45. The quantitative estimate of drug-likeness (QED) is 0.805. The average molecular weight is 291 g/mol. The van der Waals surface area contributed by atoms with Crippen LogP contribution in [0.25, 0.3) is 0 Å². The van der Waals surface area contributed by atoms with E-state index in [1.54, 1.807) is 0 Å². The molecule has 0 spiro atoms. The molecule has 3 heteroatoms. The molecule has 120 valence electrons. The van der Waals surface area contributed by atoms with Gasteiger partial charge in [0.05, 0.1) is 6.07 Å². The molecule has 2 N–H and O–H groups in total. The smallest absolute Gasteiger partial charge is 0.101 e. The highest BCUT2D eigenvalue weighted by molar-refractivity contribution is 5.00. The molecule has 2 saturated carbocycles. The Morgan fingerprint density at radius 3 is 1.90 bits per heavy atom. The number of nitrogens with two attached hydrogens (primary N) is 1. The Bertz CT molecular complexity index is 315. The summed E-state index contributed by atoms with van der Waals surface area (Å²) in [6.07, 6.45) is 15.9. The fourth-order valence-corrected chi connectivity index (χ4v) is 4.17. The Morgan fingerprint density at radius 1 is 1.00 bits per heavy atom. The minimum atomic E-state index is -0.648. The minimum Gasteiger partial charge on any atom is -0.314 e. The zero-order valence-electron chi connectivity index (χ0n) is 13.8. The molecule has 0 aromatic rings. The van der Waals surface area contributed by atoms with E-state index in [9.17, 15) is 0 Å². The third-order valence-electron chi connectivity index (χ3n) is 5.46. The van der Waals surface area contributed by atoms with Gasteiger partial charge in [0.2, 0.25) is 0 Å². The number of nitriles is 1. The van der Waals surface area contributed by atoms with Crippen molar-refractivity contribution in [3.05, 3.63) is 0 Å². The predicted molar refractivity (Wildman–Crippen MR) is 87.9 cm³/mol. The van der Waals surface area contributed by atoms with Gasteiger partial charge in [-0.2, -0.15) is 5.26 Å². The summed E-state index contributed by atoms with van der Waals surface area (Å²) in [4.78, 5) is 2.81. The van der Waals surface area contributed by atoms with E-state index in [0.29, 0.717) is 0 Å². The Kier molecular flexibility index (Phi) is 6.51. The van der Waals surface area contributed by atoms with Crippen molar-refractivity contribution in [1.29, 1.82) is 5.26 Å². The van der Waals surface area contributed by atoms with Crippen molar-refractivity contribution < 1.29 is 0 Å². The summed E-state index contributed by atoms with van der Waals surface area (Å²) in [7, 11) is 0. The Morgan fingerprint density at radius 2 is 1.48 bits per heavy atom. The van der Waals surface area contributed by atoms with Crippen LogP contribution in [0, 0.1) is 11.3 Å². The van der Waals surface area contributed by atoms with Gasteiger partial charge in [0, 0.05) is 12.1 Å². The molecular formula is C18H33N3. The highest BCUT2D eigenvalue weighted by atomic mass is 15.2. The van der Waals surface area contributed by atoms with Gasteiger partial charge in [-0.25, -0.2) is 0 Å². The lowest BCUT2D eigenvalue weighted by Gasteiger charge is -2.42. The first kappa shape index (κ1) is 16.8. The van der Waals surface area contributed by atoms with Crippen LogP contribution < -0.4 is 5.73 Å². The Balaban J connectivity index is 1.89. The van der Waals surface area contributed by atoms with Crippen molar-refractivity contribution in [2.24, 2.45) is 5.73 Å². The lowest BCUT2D eigenvalue weighted by atomic mass is 9.88. The summed E-state index contributed by atoms with van der Waals surface area (Å²) in [5, 5.41) is 9.07. The molecule has 0 aromatic heterocycles. The van der Waals surface area contributed by atoms with E-state index in [-0.39, 0.29) is 0 Å². The second-order valence-electron chi connectivity index (χ2n) is 7.45. The average Bonchev–Trinajstić information content (AvgIpc) is 2.53. The molecule has 0 amide bonds. The van der Waals surface area contributed by atoms with E-state index < -0.39 is 5.54 Å². The van der Waals surface area contributed by atoms with Crippen molar-refractivity contribution in [3.8, 4) is 6.07 Å². The van der Waals surface area contributed by atoms with E-state index >= 15 is 0 Å². The van der Waals surface area contributed by atoms with Crippen LogP contribution in [0.4, 0.5) is 0 Å². The molecule has 0 saturated heterocycles. The molecule has 2 aliphatic rings. The summed E-state index contributed by atoms with van der Waals surface area (Å²) in [5.41, 5.74) is 5.33. The number of hydrogen-bond acceptors (Lipinski definition) is 3. The van der Waals surface area contributed by atoms with E-state index in [1.165, 1.54) is 64.2 Å². The van der Waals surface area contributed by atoms with E-state index in [1.807, 2.05) is 6.92 Å². The SMILES string of the molecule is CC(N)(C#N)CCCN(C1CCCCC1)C1CCCCC1. The fourth-order valence-electron chi connectivity index (χ4n) is 4.17. The summed E-state index contributed by atoms with van der Waals surface area (Å²) in [5.74, 6) is 0. The zero-order chi connectivity index (χ0) is 15.1. The maximum Gasteiger partial charge on any atom is 0.101 e. The molecule has 0 aliphatic heterocycles. The standard InChI is InChI=1S/C18H33N3/c1-18(20,15-19)13-8-14-21(16-9-4-2-5-10-16)17-11-6-3-7-12-17/h16-17H,2-14,20H2,1H3. The third-order valence-corrected chi connectivity index (χ3v) is 5.46. The van der Waals surface area contributed by atoms with Crippen LogP contribution in [0.1, 0.15) is 84.0 Å². The van der Waals surface area contributed by atoms with Crippen LogP contribution in [0.2, 0.25) is 0 Å². The largest absolute Gasteiger partial charge is 0.314 e. The maximum absolute atomic E-state index is 9.07. The molecule has 21 heavy (non-hydrogen) atoms. The third kappa shape index (κ3) is 5.27. The summed E-state index contributed by atoms with van der Waals surface area (Å²) in [6.45, 7) is 3.00. The van der Waals surface area contributed by atoms with Crippen LogP contribution in [0.5, 0.6) is 0 Å². The Hall–Kier alpha value is -0.590. The highest BCUT2D eigenvalue weighted by Crippen LogP contribution is 2.30. The molecule has 0 heterocycles. The topological polar surface area (TPSA) is 53.1 Å². The molecular weight excluding hydrogens is 258 g/mol. The first-order valence-corrected chi connectivity index (χ1v) is 9.08. The summed E-state index contributed by atoms with van der Waals surface area (Å²) in [6, 6.07) is 3.83. The van der Waals surface area contributed by atoms with Gasteiger partial charge in [0.25, 0.3) is 0 Å². The molecule has 0 radical (unpaired) electrons. The molecule has 3 nitrogen and oxygen atoms in total. The van der Waals surface area contributed by atoms with Crippen molar-refractivity contribution in [2.45, 2.75) is 102 Å². The van der Waals surface area contributed by atoms with Crippen molar-refractivity contribution in [1.82, 2.24) is 4.90 Å². The molecule has 2 aliphatic carbocycles. The number of nitrogens with zero attached hydrogens (tertiary/aromatic N) is 2. The van der Waals surface area contributed by atoms with Gasteiger partial charge >= 0.3 is 0 Å². The molecule has 2 rings (SSSR count). The van der Waals surface area contributed by atoms with E-state index in [0.717, 1.165) is 31.5 Å². The maximum atomic E-state index is 9.07. The van der Waals surface area contributed by atoms with Crippen LogP contribution >= 0.6 is 0 Å². The molecule has 0 bridgehead atoms. The zero-order valence-corrected chi connectivity index (χ0v) is 13.8. The molecule has 1 unspecified atom stereocenters. The molecule has 2 fully saturated rings. The van der Waals surface area contributed by atoms with Crippen molar-refractivity contribution in [2.75, 3.05) is 6.54 Å². The lowest BCUT2D eigenvalue weighted by molar-refractivity contribution is 0.0779. The van der Waals surface area contributed by atoms with Gasteiger partial charge in [-0.05, 0) is 52.0 Å². The van der Waals surface area contributed by atoms with E-state index in [4.69, 9.17) is 11.0 Å². The van der Waals surface area contributed by atoms with Gasteiger partial charge in [-0.15, -0.1) is 0 Å². The monoisotopic (exact) mass is 291 g/mol. The number of hydrogen-bond donors (Lipinski definition) is 1. The van der Waals surface area contributed by atoms with Gasteiger partial charge in [-0.3, -0.25) is 4.90 Å². The van der Waals surface area contributed by atoms with Gasteiger partial charge in [-0.1, -0.05) is 38.5 Å². The van der Waals surface area contributed by atoms with Gasteiger partial charge in [0.15, 0.2) is 0 Å². The first-order valence-electron chi connectivity index (χ1n) is 9.08. The first-order chi connectivity index (χ1) is 10.1. The summed E-state index contributed by atoms with van der Waals surface area (Å²) < 4.78 is 0. The van der Waals surface area contributed by atoms with Crippen molar-refractivity contribution in [3.63, 3.8) is 0 Å². The molecule has 1 atom stereocenters. The van der Waals surface area contributed by atoms with Crippen LogP contribution in [-0.4, -0.2) is 29.1 Å². The lowest BCUT2D eigenvalue weighted by Crippen LogP contribution is -2.46. The number of rotatable bonds is 6. The van der Waals surface area contributed by atoms with Crippen LogP contribution in [0.15, 0.2) is 0 Å². The minimum absolute atomic E-state index is 0.648. The highest BCUT2D eigenvalue weighted by Gasteiger charge is 2.29. The van der Waals surface area contributed by atoms with Crippen LogP contribution in [0.3, 0.4) is 0 Å². The summed E-state index contributed by atoms with van der Waals surface area (Å²) >= 11 is 0. The Labute approximate surface area is 130 Å². The fraction of sp³-hybridized carbons (Fsp3) is 0.944. The van der Waals surface area contributed by atoms with E-state index in [2.05, 4.69) is 11.0 Å². The predicted octanol–water partition coefficient (Wildman–Crippen LogP) is 3.97.